The molecule has 0 saturated heterocycles. The van der Waals surface area contributed by atoms with E-state index in [1.165, 1.54) is 6.42 Å². The van der Waals surface area contributed by atoms with Crippen molar-refractivity contribution in [2.45, 2.75) is 49.5 Å². The molecule has 2 heterocycles. The number of nitro groups is 1. The van der Waals surface area contributed by atoms with Gasteiger partial charge in [0.05, 0.1) is 27.4 Å². The highest BCUT2D eigenvalue weighted by Crippen LogP contribution is 2.35. The third-order valence-electron chi connectivity index (χ3n) is 5.54. The second-order valence-electron chi connectivity index (χ2n) is 8.02. The first kappa shape index (κ1) is 22.3. The summed E-state index contributed by atoms with van der Waals surface area (Å²) in [5.74, 6) is 1.04. The number of non-ortho nitro benzene ring substituents is 1. The molecule has 0 atom stereocenters. The highest BCUT2D eigenvalue weighted by atomic mass is 32.2. The SMILES string of the molecule is CN(Cc1coc(C2CCCCC2)n1)c1nc(=O)c2cc(S(C)(=O)=O)cc([N+](=O)[O-])c2s1. The summed E-state index contributed by atoms with van der Waals surface area (Å²) in [6.07, 6.45) is 8.20. The summed E-state index contributed by atoms with van der Waals surface area (Å²) in [5.41, 5.74) is -0.489. The van der Waals surface area contributed by atoms with Crippen molar-refractivity contribution in [3.8, 4) is 0 Å². The Kier molecular flexibility index (Phi) is 5.99. The minimum Gasteiger partial charge on any atom is -0.448 e. The van der Waals surface area contributed by atoms with E-state index in [0.29, 0.717) is 18.2 Å². The highest BCUT2D eigenvalue weighted by Gasteiger charge is 2.24. The van der Waals surface area contributed by atoms with Crippen molar-refractivity contribution in [2.24, 2.45) is 0 Å². The van der Waals surface area contributed by atoms with E-state index in [9.17, 15) is 23.3 Å². The van der Waals surface area contributed by atoms with Gasteiger partial charge in [-0.25, -0.2) is 13.4 Å². The van der Waals surface area contributed by atoms with E-state index in [1.807, 2.05) is 0 Å². The predicted octanol–water partition coefficient (Wildman–Crippen LogP) is 3.64. The summed E-state index contributed by atoms with van der Waals surface area (Å²) >= 11 is 0.957. The number of nitrogens with zero attached hydrogens (tertiary/aromatic N) is 4. The Labute approximate surface area is 188 Å². The fraction of sp³-hybridized carbons (Fsp3) is 0.450. The molecule has 0 bridgehead atoms. The first-order valence-corrected chi connectivity index (χ1v) is 12.8. The number of oxazole rings is 1. The van der Waals surface area contributed by atoms with E-state index in [-0.39, 0.29) is 20.1 Å². The molecule has 0 spiro atoms. The maximum Gasteiger partial charge on any atom is 0.288 e. The Morgan fingerprint density at radius 1 is 1.25 bits per heavy atom. The van der Waals surface area contributed by atoms with Gasteiger partial charge in [-0.05, 0) is 18.9 Å². The molecule has 0 radical (unpaired) electrons. The number of nitro benzene ring substituents is 1. The minimum absolute atomic E-state index is 0.0762. The number of fused-ring (bicyclic) bond motifs is 1. The lowest BCUT2D eigenvalue weighted by Crippen LogP contribution is -2.20. The van der Waals surface area contributed by atoms with Crippen molar-refractivity contribution in [1.82, 2.24) is 9.97 Å². The van der Waals surface area contributed by atoms with Gasteiger partial charge in [0.15, 0.2) is 20.9 Å². The zero-order valence-corrected chi connectivity index (χ0v) is 19.2. The molecule has 32 heavy (non-hydrogen) atoms. The van der Waals surface area contributed by atoms with Crippen LogP contribution in [0.2, 0.25) is 0 Å². The molecule has 3 aromatic rings. The molecular weight excluding hydrogens is 456 g/mol. The van der Waals surface area contributed by atoms with Gasteiger partial charge in [0.25, 0.3) is 11.2 Å². The normalized spacial score (nSPS) is 15.2. The molecule has 1 aliphatic carbocycles. The lowest BCUT2D eigenvalue weighted by molar-refractivity contribution is -0.383. The molecule has 2 aromatic heterocycles. The fourth-order valence-corrected chi connectivity index (χ4v) is 5.55. The van der Waals surface area contributed by atoms with Crippen LogP contribution in [0.3, 0.4) is 0 Å². The van der Waals surface area contributed by atoms with Crippen molar-refractivity contribution in [1.29, 1.82) is 0 Å². The van der Waals surface area contributed by atoms with Crippen LogP contribution in [0.15, 0.2) is 32.5 Å². The number of benzene rings is 1. The second kappa shape index (κ2) is 8.58. The Morgan fingerprint density at radius 3 is 2.62 bits per heavy atom. The molecule has 1 fully saturated rings. The van der Waals surface area contributed by atoms with E-state index in [2.05, 4.69) is 9.97 Å². The van der Waals surface area contributed by atoms with E-state index >= 15 is 0 Å². The fourth-order valence-electron chi connectivity index (χ4n) is 3.87. The number of rotatable bonds is 6. The monoisotopic (exact) mass is 478 g/mol. The van der Waals surface area contributed by atoms with Crippen LogP contribution < -0.4 is 10.5 Å². The summed E-state index contributed by atoms with van der Waals surface area (Å²) in [6, 6.07) is 2.12. The third kappa shape index (κ3) is 4.51. The largest absolute Gasteiger partial charge is 0.448 e. The number of aromatic nitrogens is 2. The van der Waals surface area contributed by atoms with E-state index in [4.69, 9.17) is 4.42 Å². The number of hydrogen-bond acceptors (Lipinski definition) is 10. The van der Waals surface area contributed by atoms with E-state index in [0.717, 1.165) is 61.3 Å². The smallest absolute Gasteiger partial charge is 0.288 e. The van der Waals surface area contributed by atoms with Crippen LogP contribution in [0, 0.1) is 10.1 Å². The Morgan fingerprint density at radius 2 is 1.97 bits per heavy atom. The van der Waals surface area contributed by atoms with Gasteiger partial charge in [-0.15, -0.1) is 0 Å². The van der Waals surface area contributed by atoms with Gasteiger partial charge >= 0.3 is 0 Å². The van der Waals surface area contributed by atoms with Crippen LogP contribution in [0.1, 0.15) is 49.6 Å². The quantitative estimate of drug-likeness (QED) is 0.384. The molecule has 0 aliphatic heterocycles. The molecule has 170 valence electrons. The minimum atomic E-state index is -3.74. The first-order chi connectivity index (χ1) is 15.1. The van der Waals surface area contributed by atoms with Crippen molar-refractivity contribution >= 4 is 42.1 Å². The summed E-state index contributed by atoms with van der Waals surface area (Å²) in [4.78, 5) is 33.5. The summed E-state index contributed by atoms with van der Waals surface area (Å²) in [5, 5.41) is 11.8. The number of anilines is 1. The first-order valence-electron chi connectivity index (χ1n) is 10.1. The average Bonchev–Trinajstić information content (AvgIpc) is 3.21. The predicted molar refractivity (Wildman–Crippen MR) is 120 cm³/mol. The van der Waals surface area contributed by atoms with Gasteiger partial charge in [-0.1, -0.05) is 30.6 Å². The van der Waals surface area contributed by atoms with Crippen LogP contribution in [-0.2, 0) is 16.4 Å². The zero-order chi connectivity index (χ0) is 23.0. The number of hydrogen-bond donors (Lipinski definition) is 0. The van der Waals surface area contributed by atoms with Crippen LogP contribution in [0.4, 0.5) is 10.8 Å². The molecule has 4 rings (SSSR count). The van der Waals surface area contributed by atoms with Gasteiger partial charge in [0.1, 0.15) is 11.0 Å². The molecule has 10 nitrogen and oxygen atoms in total. The standard InChI is InChI=1S/C20H22N4O6S2/c1-23(10-13-11-30-19(21-13)12-6-4-3-5-7-12)20-22-18(25)15-8-14(32(2,28)29)9-16(24(26)27)17(15)31-20/h8-9,11-12H,3-7,10H2,1-2H3. The highest BCUT2D eigenvalue weighted by molar-refractivity contribution is 7.90. The van der Waals surface area contributed by atoms with Gasteiger partial charge in [-0.2, -0.15) is 4.98 Å². The van der Waals surface area contributed by atoms with E-state index < -0.39 is 26.0 Å². The maximum atomic E-state index is 12.6. The molecule has 1 saturated carbocycles. The number of sulfone groups is 1. The third-order valence-corrected chi connectivity index (χ3v) is 7.85. The van der Waals surface area contributed by atoms with Gasteiger partial charge < -0.3 is 9.32 Å². The maximum absolute atomic E-state index is 12.6. The van der Waals surface area contributed by atoms with Crippen molar-refractivity contribution in [3.63, 3.8) is 0 Å². The molecule has 1 aromatic carbocycles. The van der Waals surface area contributed by atoms with Crippen LogP contribution >= 0.6 is 11.3 Å². The zero-order valence-electron chi connectivity index (χ0n) is 17.6. The molecule has 0 amide bonds. The van der Waals surface area contributed by atoms with Crippen molar-refractivity contribution < 1.29 is 17.8 Å². The summed E-state index contributed by atoms with van der Waals surface area (Å²) in [7, 11) is -2.03. The Bertz CT molecular complexity index is 1340. The molecular formula is C20H22N4O6S2. The van der Waals surface area contributed by atoms with Crippen molar-refractivity contribution in [3.05, 3.63) is 50.4 Å². The van der Waals surface area contributed by atoms with Crippen LogP contribution in [0.25, 0.3) is 10.1 Å². The van der Waals surface area contributed by atoms with E-state index in [1.54, 1.807) is 18.2 Å². The lowest BCUT2D eigenvalue weighted by Gasteiger charge is -2.18. The second-order valence-corrected chi connectivity index (χ2v) is 11.0. The molecule has 0 unspecified atom stereocenters. The van der Waals surface area contributed by atoms with Crippen molar-refractivity contribution in [2.75, 3.05) is 18.2 Å². The van der Waals surface area contributed by atoms with Gasteiger partial charge in [-0.3, -0.25) is 14.9 Å². The van der Waals surface area contributed by atoms with Crippen LogP contribution in [-0.4, -0.2) is 36.6 Å². The molecule has 0 N–H and O–H groups in total. The Balaban J connectivity index is 1.67. The van der Waals surface area contributed by atoms with Gasteiger partial charge in [0.2, 0.25) is 0 Å². The summed E-state index contributed by atoms with van der Waals surface area (Å²) in [6.45, 7) is 0.305. The Hall–Kier alpha value is -2.86. The van der Waals surface area contributed by atoms with Gasteiger partial charge in [0, 0.05) is 25.3 Å². The topological polar surface area (TPSA) is 137 Å². The lowest BCUT2D eigenvalue weighted by atomic mass is 9.89. The van der Waals surface area contributed by atoms with Crippen LogP contribution in [0.5, 0.6) is 0 Å². The molecule has 12 heteroatoms. The molecule has 1 aliphatic rings. The average molecular weight is 479 g/mol. The summed E-state index contributed by atoms with van der Waals surface area (Å²) < 4.78 is 29.5.